The summed E-state index contributed by atoms with van der Waals surface area (Å²) in [7, 11) is 0. The van der Waals surface area contributed by atoms with Gasteiger partial charge < -0.3 is 38.3 Å². The Hall–Kier alpha value is 1.88. The molecule has 7 nitrogen and oxygen atoms in total. The SMILES string of the molecule is [Bi+3].[Mo].[O-2].[O-2].[O-2].[O-2].[O-2].[O-2].[O-2].[V]. The summed E-state index contributed by atoms with van der Waals surface area (Å²) in [5.41, 5.74) is 0. The number of hydrogen-bond donors (Lipinski definition) is 0. The second-order valence-corrected chi connectivity index (χ2v) is 0. The summed E-state index contributed by atoms with van der Waals surface area (Å²) in [6, 6.07) is 0. The van der Waals surface area contributed by atoms with Crippen molar-refractivity contribution >= 4 is 26.2 Å². The van der Waals surface area contributed by atoms with Gasteiger partial charge in [-0.05, 0) is 0 Å². The van der Waals surface area contributed by atoms with Gasteiger partial charge in [-0.2, -0.15) is 0 Å². The van der Waals surface area contributed by atoms with Gasteiger partial charge in [0.2, 0.25) is 0 Å². The summed E-state index contributed by atoms with van der Waals surface area (Å²) in [6.45, 7) is 0. The topological polar surface area (TPSA) is 200 Å². The Bertz CT molecular complexity index is 13.6. The molecule has 0 atom stereocenters. The molecule has 10 heteroatoms. The molecule has 0 saturated carbocycles. The van der Waals surface area contributed by atoms with Crippen molar-refractivity contribution in [3.8, 4) is 0 Å². The third-order valence-electron chi connectivity index (χ3n) is 0. The largest absolute Gasteiger partial charge is 3.00 e. The van der Waals surface area contributed by atoms with Crippen molar-refractivity contribution in [3.05, 3.63) is 0 Å². The van der Waals surface area contributed by atoms with Crippen molar-refractivity contribution in [1.29, 1.82) is 0 Å². The zero-order chi connectivity index (χ0) is 0. The molecule has 0 heterocycles. The molecule has 10 heavy (non-hydrogen) atoms. The predicted octanol–water partition coefficient (Wildman–Crippen LogP) is -1.22. The van der Waals surface area contributed by atoms with Crippen LogP contribution in [0.1, 0.15) is 0 Å². The average molecular weight is 468 g/mol. The minimum atomic E-state index is 0. The van der Waals surface area contributed by atoms with E-state index >= 15 is 0 Å². The maximum absolute atomic E-state index is 0. The van der Waals surface area contributed by atoms with Crippen molar-refractivity contribution in [2.24, 2.45) is 0 Å². The molecular weight excluding hydrogens is 468 g/mol. The molecule has 0 aromatic rings. The van der Waals surface area contributed by atoms with Crippen LogP contribution in [0.4, 0.5) is 0 Å². The average Bonchev–Trinajstić information content (AvgIpc) is 0. The molecule has 0 fully saturated rings. The normalized spacial score (nSPS) is 0. The van der Waals surface area contributed by atoms with Crippen LogP contribution >= 0.6 is 0 Å². The van der Waals surface area contributed by atoms with Gasteiger partial charge in [0.05, 0.1) is 0 Å². The molecule has 0 aliphatic carbocycles. The van der Waals surface area contributed by atoms with Crippen molar-refractivity contribution in [2.75, 3.05) is 0 Å². The van der Waals surface area contributed by atoms with Gasteiger partial charge in [0, 0.05) is 39.6 Å². The summed E-state index contributed by atoms with van der Waals surface area (Å²) in [4.78, 5) is 0. The molecule has 0 aromatic carbocycles. The quantitative estimate of drug-likeness (QED) is 0.385. The van der Waals surface area contributed by atoms with Gasteiger partial charge in [-0.3, -0.25) is 0 Å². The fourth-order valence-corrected chi connectivity index (χ4v) is 0. The molecule has 69 valence electrons. The first kappa shape index (κ1) is 399. The predicted molar refractivity (Wildman–Crippen MR) is 10.6 cm³/mol. The summed E-state index contributed by atoms with van der Waals surface area (Å²) in [5.74, 6) is 0. The van der Waals surface area contributed by atoms with E-state index in [0.717, 1.165) is 0 Å². The first-order valence-electron chi connectivity index (χ1n) is 0. The number of rotatable bonds is 0. The van der Waals surface area contributed by atoms with Crippen LogP contribution in [0.3, 0.4) is 0 Å². The summed E-state index contributed by atoms with van der Waals surface area (Å²) in [6.07, 6.45) is 0. The Kier molecular flexibility index (Phi) is 12000. The Morgan fingerprint density at radius 3 is 0.400 bits per heavy atom. The van der Waals surface area contributed by atoms with E-state index in [1.54, 1.807) is 0 Å². The Labute approximate surface area is 103 Å². The van der Waals surface area contributed by atoms with E-state index in [1.165, 1.54) is 0 Å². The summed E-state index contributed by atoms with van der Waals surface area (Å²) in [5, 5.41) is 0. The summed E-state index contributed by atoms with van der Waals surface area (Å²) >= 11 is 0. The van der Waals surface area contributed by atoms with Crippen LogP contribution in [0.2, 0.25) is 0 Å². The third-order valence-corrected chi connectivity index (χ3v) is 0. The van der Waals surface area contributed by atoms with E-state index in [1.807, 2.05) is 0 Å². The fourth-order valence-electron chi connectivity index (χ4n) is 0. The van der Waals surface area contributed by atoms with Crippen LogP contribution in [0, 0.1) is 0 Å². The molecular formula is BiMoO7V-11. The monoisotopic (exact) mass is 470 g/mol. The third kappa shape index (κ3) is 221. The van der Waals surface area contributed by atoms with Crippen LogP contribution < -0.4 is 0 Å². The number of hydrogen-bond acceptors (Lipinski definition) is 0. The van der Waals surface area contributed by atoms with Crippen molar-refractivity contribution < 1.29 is 78.0 Å². The Balaban J connectivity index is 0. The molecule has 3 radical (unpaired) electrons. The second kappa shape index (κ2) is 301. The van der Waals surface area contributed by atoms with Crippen LogP contribution in [0.5, 0.6) is 0 Å². The van der Waals surface area contributed by atoms with E-state index in [2.05, 4.69) is 0 Å². The maximum Gasteiger partial charge on any atom is 3.00 e. The van der Waals surface area contributed by atoms with Gasteiger partial charge in [0.25, 0.3) is 0 Å². The van der Waals surface area contributed by atoms with E-state index < -0.39 is 0 Å². The van der Waals surface area contributed by atoms with E-state index in [-0.39, 0.29) is 104 Å². The minimum absolute atomic E-state index is 0. The maximum atomic E-state index is 0. The van der Waals surface area contributed by atoms with Gasteiger partial charge in [-0.1, -0.05) is 0 Å². The van der Waals surface area contributed by atoms with Crippen LogP contribution in [0.15, 0.2) is 0 Å². The van der Waals surface area contributed by atoms with Crippen molar-refractivity contribution in [3.63, 3.8) is 0 Å². The van der Waals surface area contributed by atoms with Gasteiger partial charge in [0.1, 0.15) is 0 Å². The van der Waals surface area contributed by atoms with Crippen molar-refractivity contribution in [2.45, 2.75) is 0 Å². The fraction of sp³-hybridized carbons (Fsp3) is 0. The molecule has 0 saturated heterocycles. The molecule has 0 rings (SSSR count). The second-order valence-electron chi connectivity index (χ2n) is 0. The van der Waals surface area contributed by atoms with Crippen molar-refractivity contribution in [1.82, 2.24) is 0 Å². The standard InChI is InChI=1S/Bi.Mo.7O.V/q+3;;7*-2;. The van der Waals surface area contributed by atoms with Gasteiger partial charge in [0.15, 0.2) is 0 Å². The smallest absolute Gasteiger partial charge is 2.00 e. The molecule has 0 amide bonds. The Morgan fingerprint density at radius 1 is 0.400 bits per heavy atom. The molecule has 0 aliphatic rings. The van der Waals surface area contributed by atoms with Crippen LogP contribution in [-0.2, 0) is 78.0 Å². The van der Waals surface area contributed by atoms with Gasteiger partial charge in [-0.25, -0.2) is 0 Å². The van der Waals surface area contributed by atoms with Crippen LogP contribution in [-0.4, -0.2) is 26.2 Å². The Morgan fingerprint density at radius 2 is 0.400 bits per heavy atom. The first-order chi connectivity index (χ1) is 0. The van der Waals surface area contributed by atoms with E-state index in [0.29, 0.717) is 0 Å². The zero-order valence-electron chi connectivity index (χ0n) is 4.16. The van der Waals surface area contributed by atoms with Crippen LogP contribution in [0.25, 0.3) is 0 Å². The molecule has 0 N–H and O–H groups in total. The molecule has 0 spiro atoms. The van der Waals surface area contributed by atoms with E-state index in [4.69, 9.17) is 0 Å². The molecule has 0 unspecified atom stereocenters. The first-order valence-corrected chi connectivity index (χ1v) is 0. The molecule has 0 bridgehead atoms. The molecule has 0 aromatic heterocycles. The minimum Gasteiger partial charge on any atom is -2.00 e. The van der Waals surface area contributed by atoms with E-state index in [9.17, 15) is 0 Å². The molecule has 0 aliphatic heterocycles. The van der Waals surface area contributed by atoms with Gasteiger partial charge in [-0.15, -0.1) is 0 Å². The summed E-state index contributed by atoms with van der Waals surface area (Å²) < 4.78 is 0. The van der Waals surface area contributed by atoms with Gasteiger partial charge >= 0.3 is 26.2 Å². The zero-order valence-corrected chi connectivity index (χ0v) is 11.0.